The lowest BCUT2D eigenvalue weighted by Crippen LogP contribution is -2.41. The number of furan rings is 1. The zero-order valence-corrected chi connectivity index (χ0v) is 30.4. The van der Waals surface area contributed by atoms with Crippen LogP contribution in [0.5, 0.6) is 0 Å². The molecule has 4 nitrogen and oxygen atoms in total. The molecule has 1 saturated heterocycles. The van der Waals surface area contributed by atoms with Crippen LogP contribution in [0, 0.1) is 0 Å². The first-order chi connectivity index (χ1) is 25.7. The van der Waals surface area contributed by atoms with Crippen molar-refractivity contribution in [2.45, 2.75) is 38.9 Å². The zero-order chi connectivity index (χ0) is 36.2. The Balaban J connectivity index is 1.19. The summed E-state index contributed by atoms with van der Waals surface area (Å²) in [5, 5.41) is 2.25. The Kier molecular flexibility index (Phi) is 8.07. The summed E-state index contributed by atoms with van der Waals surface area (Å²) >= 11 is 0. The lowest BCUT2D eigenvalue weighted by Gasteiger charge is -2.32. The maximum Gasteiger partial charge on any atom is 0.494 e. The minimum Gasteiger partial charge on any atom is -0.455 e. The maximum absolute atomic E-state index is 6.62. The highest BCUT2D eigenvalue weighted by Gasteiger charge is 2.52. The number of nitrogens with zero attached hydrogens (tertiary/aromatic N) is 1. The fourth-order valence-corrected chi connectivity index (χ4v) is 7.32. The highest BCUT2D eigenvalue weighted by atomic mass is 16.7. The summed E-state index contributed by atoms with van der Waals surface area (Å²) in [6, 6.07) is 59.9. The number of hydrogen-bond acceptors (Lipinski definition) is 4. The lowest BCUT2D eigenvalue weighted by atomic mass is 9.77. The molecule has 0 aliphatic carbocycles. The Bertz CT molecular complexity index is 2540. The molecule has 0 atom stereocenters. The van der Waals surface area contributed by atoms with Crippen molar-refractivity contribution in [3.8, 4) is 33.4 Å². The molecule has 1 aromatic heterocycles. The standard InChI is InChI=1S/C48H40BNO3/c1-47(2)48(3,4)53-49(52-47)38-30-37(34-16-9-6-10-17-34)31-41(32-38)50(39-26-22-35(23-27-39)33-14-7-5-8-15-33)40-28-24-36(25-29-40)42-19-13-20-44-43-18-11-12-21-45(43)51-46(42)44/h5-32H,1-4H3. The van der Waals surface area contributed by atoms with Crippen molar-refractivity contribution in [2.24, 2.45) is 0 Å². The maximum atomic E-state index is 6.62. The van der Waals surface area contributed by atoms with Gasteiger partial charge in [-0.25, -0.2) is 0 Å². The van der Waals surface area contributed by atoms with Gasteiger partial charge >= 0.3 is 7.12 Å². The normalized spacial score (nSPS) is 14.9. The Morgan fingerprint density at radius 1 is 0.434 bits per heavy atom. The molecule has 258 valence electrons. The molecule has 2 heterocycles. The van der Waals surface area contributed by atoms with Gasteiger partial charge in [0.05, 0.1) is 11.2 Å². The summed E-state index contributed by atoms with van der Waals surface area (Å²) in [6.45, 7) is 8.40. The minimum absolute atomic E-state index is 0.466. The third-order valence-corrected chi connectivity index (χ3v) is 10.9. The number of anilines is 3. The predicted molar refractivity (Wildman–Crippen MR) is 220 cm³/mol. The van der Waals surface area contributed by atoms with E-state index in [4.69, 9.17) is 13.7 Å². The quantitative estimate of drug-likeness (QED) is 0.156. The molecule has 0 radical (unpaired) electrons. The van der Waals surface area contributed by atoms with Crippen LogP contribution in [-0.4, -0.2) is 18.3 Å². The number of rotatable bonds is 7. The van der Waals surface area contributed by atoms with Crippen molar-refractivity contribution in [2.75, 3.05) is 4.90 Å². The summed E-state index contributed by atoms with van der Waals surface area (Å²) in [6.07, 6.45) is 0. The molecule has 1 fully saturated rings. The van der Waals surface area contributed by atoms with E-state index in [-0.39, 0.29) is 0 Å². The van der Waals surface area contributed by atoms with Crippen molar-refractivity contribution >= 4 is 51.6 Å². The molecule has 0 spiro atoms. The smallest absolute Gasteiger partial charge is 0.455 e. The van der Waals surface area contributed by atoms with E-state index >= 15 is 0 Å². The number of fused-ring (bicyclic) bond motifs is 3. The van der Waals surface area contributed by atoms with E-state index in [1.54, 1.807) is 0 Å². The fourth-order valence-electron chi connectivity index (χ4n) is 7.32. The molecule has 0 N–H and O–H groups in total. The zero-order valence-electron chi connectivity index (χ0n) is 30.4. The molecule has 9 rings (SSSR count). The summed E-state index contributed by atoms with van der Waals surface area (Å²) in [4.78, 5) is 2.32. The van der Waals surface area contributed by atoms with E-state index in [9.17, 15) is 0 Å². The van der Waals surface area contributed by atoms with Crippen molar-refractivity contribution in [1.82, 2.24) is 0 Å². The summed E-state index contributed by atoms with van der Waals surface area (Å²) in [7, 11) is -0.517. The second-order valence-electron chi connectivity index (χ2n) is 14.8. The van der Waals surface area contributed by atoms with Crippen molar-refractivity contribution in [3.05, 3.63) is 170 Å². The van der Waals surface area contributed by atoms with Crippen LogP contribution in [0.3, 0.4) is 0 Å². The van der Waals surface area contributed by atoms with Crippen LogP contribution in [0.25, 0.3) is 55.3 Å². The molecule has 1 aliphatic heterocycles. The first-order valence-corrected chi connectivity index (χ1v) is 18.3. The van der Waals surface area contributed by atoms with Gasteiger partial charge < -0.3 is 18.6 Å². The number of para-hydroxylation sites is 2. The predicted octanol–water partition coefficient (Wildman–Crippen LogP) is 12.4. The highest BCUT2D eigenvalue weighted by molar-refractivity contribution is 6.62. The van der Waals surface area contributed by atoms with Gasteiger partial charge in [-0.15, -0.1) is 0 Å². The average molecular weight is 690 g/mol. The van der Waals surface area contributed by atoms with Gasteiger partial charge in [0.15, 0.2) is 0 Å². The van der Waals surface area contributed by atoms with Crippen molar-refractivity contribution in [3.63, 3.8) is 0 Å². The van der Waals surface area contributed by atoms with Crippen LogP contribution >= 0.6 is 0 Å². The molecular weight excluding hydrogens is 649 g/mol. The van der Waals surface area contributed by atoms with Crippen molar-refractivity contribution in [1.29, 1.82) is 0 Å². The molecule has 7 aromatic carbocycles. The molecule has 0 bridgehead atoms. The van der Waals surface area contributed by atoms with E-state index in [0.29, 0.717) is 0 Å². The first kappa shape index (κ1) is 33.0. The molecular formula is C48H40BNO3. The van der Waals surface area contributed by atoms with Crippen LogP contribution < -0.4 is 10.4 Å². The van der Waals surface area contributed by atoms with Crippen molar-refractivity contribution < 1.29 is 13.7 Å². The summed E-state index contributed by atoms with van der Waals surface area (Å²) < 4.78 is 19.7. The van der Waals surface area contributed by atoms with Gasteiger partial charge in [-0.2, -0.15) is 0 Å². The van der Waals surface area contributed by atoms with E-state index in [2.05, 4.69) is 190 Å². The second-order valence-corrected chi connectivity index (χ2v) is 14.8. The topological polar surface area (TPSA) is 34.8 Å². The van der Waals surface area contributed by atoms with Gasteiger partial charge in [0.1, 0.15) is 11.2 Å². The van der Waals surface area contributed by atoms with E-state index < -0.39 is 18.3 Å². The Hall–Kier alpha value is -5.88. The third kappa shape index (κ3) is 6.02. The van der Waals surface area contributed by atoms with Gasteiger partial charge in [0.25, 0.3) is 0 Å². The fraction of sp³-hybridized carbons (Fsp3) is 0.125. The third-order valence-electron chi connectivity index (χ3n) is 10.9. The minimum atomic E-state index is -0.517. The second kappa shape index (κ2) is 13.0. The number of benzene rings is 7. The first-order valence-electron chi connectivity index (χ1n) is 18.3. The molecule has 0 unspecified atom stereocenters. The van der Waals surface area contributed by atoms with Gasteiger partial charge in [-0.3, -0.25) is 0 Å². The summed E-state index contributed by atoms with van der Waals surface area (Å²) in [5.41, 5.74) is 11.6. The molecule has 0 saturated carbocycles. The summed E-state index contributed by atoms with van der Waals surface area (Å²) in [5.74, 6) is 0. The van der Waals surface area contributed by atoms with Crippen LogP contribution in [0.4, 0.5) is 17.1 Å². The highest BCUT2D eigenvalue weighted by Crippen LogP contribution is 2.42. The largest absolute Gasteiger partial charge is 0.494 e. The Morgan fingerprint density at radius 2 is 0.962 bits per heavy atom. The van der Waals surface area contributed by atoms with Crippen LogP contribution in [0.15, 0.2) is 174 Å². The molecule has 1 aliphatic rings. The van der Waals surface area contributed by atoms with Crippen LogP contribution in [-0.2, 0) is 9.31 Å². The molecule has 8 aromatic rings. The monoisotopic (exact) mass is 689 g/mol. The van der Waals surface area contributed by atoms with E-state index in [1.165, 1.54) is 11.1 Å². The number of hydrogen-bond donors (Lipinski definition) is 0. The SMILES string of the molecule is CC1(C)OB(c2cc(-c3ccccc3)cc(N(c3ccc(-c4ccccc4)cc3)c3ccc(-c4cccc5c4oc4ccccc45)cc3)c2)OC1(C)C. The van der Waals surface area contributed by atoms with Gasteiger partial charge in [0.2, 0.25) is 0 Å². The van der Waals surface area contributed by atoms with Gasteiger partial charge in [-0.05, 0) is 103 Å². The molecule has 0 amide bonds. The average Bonchev–Trinajstić information content (AvgIpc) is 3.68. The lowest BCUT2D eigenvalue weighted by molar-refractivity contribution is 0.00578. The Labute approximate surface area is 311 Å². The van der Waals surface area contributed by atoms with Gasteiger partial charge in [0, 0.05) is 33.4 Å². The van der Waals surface area contributed by atoms with E-state index in [0.717, 1.165) is 66.7 Å². The van der Waals surface area contributed by atoms with Gasteiger partial charge in [-0.1, -0.05) is 127 Å². The molecule has 5 heteroatoms. The Morgan fingerprint density at radius 3 is 1.60 bits per heavy atom. The van der Waals surface area contributed by atoms with Crippen LogP contribution in [0.1, 0.15) is 27.7 Å². The molecule has 53 heavy (non-hydrogen) atoms. The van der Waals surface area contributed by atoms with E-state index in [1.807, 2.05) is 12.1 Å². The van der Waals surface area contributed by atoms with Crippen LogP contribution in [0.2, 0.25) is 0 Å².